The van der Waals surface area contributed by atoms with E-state index in [9.17, 15) is 26.4 Å². The van der Waals surface area contributed by atoms with E-state index in [2.05, 4.69) is 5.32 Å². The van der Waals surface area contributed by atoms with Crippen LogP contribution < -0.4 is 10.1 Å². The van der Waals surface area contributed by atoms with Crippen LogP contribution in [0.25, 0.3) is 6.08 Å². The van der Waals surface area contributed by atoms with Crippen molar-refractivity contribution in [3.05, 3.63) is 65.7 Å². The maximum atomic E-state index is 12.9. The number of hydrogen-bond acceptors (Lipinski definition) is 4. The largest absolute Gasteiger partial charge is 0.491 e. The molecule has 0 radical (unpaired) electrons. The topological polar surface area (TPSA) is 75.7 Å². The van der Waals surface area contributed by atoms with Crippen LogP contribution in [0.5, 0.6) is 5.75 Å². The number of nitrogens with zero attached hydrogens (tertiary/aromatic N) is 1. The number of nitrogens with one attached hydrogen (secondary N) is 1. The molecule has 0 aliphatic carbocycles. The van der Waals surface area contributed by atoms with Gasteiger partial charge in [-0.05, 0) is 35.9 Å². The van der Waals surface area contributed by atoms with Crippen molar-refractivity contribution >= 4 is 22.0 Å². The molecule has 30 heavy (non-hydrogen) atoms. The second-order valence-electron chi connectivity index (χ2n) is 6.32. The minimum absolute atomic E-state index is 0.00931. The van der Waals surface area contributed by atoms with Crippen LogP contribution in [-0.4, -0.2) is 45.9 Å². The average Bonchev–Trinajstić information content (AvgIpc) is 2.69. The number of alkyl halides is 3. The number of amides is 1. The zero-order chi connectivity index (χ0) is 22.4. The van der Waals surface area contributed by atoms with E-state index in [1.165, 1.54) is 56.6 Å². The lowest BCUT2D eigenvalue weighted by molar-refractivity contribution is -0.139. The van der Waals surface area contributed by atoms with Crippen LogP contribution in [0, 0.1) is 0 Å². The Bertz CT molecular complexity index is 1000. The number of sulfonamides is 1. The fraction of sp³-hybridized carbons (Fsp3) is 0.250. The molecular weight excluding hydrogens is 421 g/mol. The second kappa shape index (κ2) is 9.77. The van der Waals surface area contributed by atoms with E-state index in [4.69, 9.17) is 4.74 Å². The summed E-state index contributed by atoms with van der Waals surface area (Å²) in [4.78, 5) is 12.0. The number of carbonyl (C=O) groups excluding carboxylic acids is 1. The molecule has 2 rings (SSSR count). The number of carbonyl (C=O) groups is 1. The molecular formula is C20H21F3N2O4S. The Morgan fingerprint density at radius 1 is 1.10 bits per heavy atom. The number of rotatable bonds is 8. The Morgan fingerprint density at radius 3 is 2.33 bits per heavy atom. The van der Waals surface area contributed by atoms with Gasteiger partial charge in [-0.3, -0.25) is 4.79 Å². The Hall–Kier alpha value is -2.85. The molecule has 0 saturated carbocycles. The second-order valence-corrected chi connectivity index (χ2v) is 8.48. The molecule has 0 bridgehead atoms. The highest BCUT2D eigenvalue weighted by Gasteiger charge is 2.33. The van der Waals surface area contributed by atoms with Crippen molar-refractivity contribution in [2.45, 2.75) is 11.1 Å². The molecule has 0 aliphatic heterocycles. The molecule has 0 saturated heterocycles. The first-order valence-electron chi connectivity index (χ1n) is 8.79. The summed E-state index contributed by atoms with van der Waals surface area (Å²) in [6.45, 7) is -0.126. The minimum Gasteiger partial charge on any atom is -0.491 e. The molecule has 0 fully saturated rings. The van der Waals surface area contributed by atoms with E-state index < -0.39 is 27.7 Å². The van der Waals surface area contributed by atoms with Gasteiger partial charge in [-0.1, -0.05) is 24.3 Å². The van der Waals surface area contributed by atoms with Crippen LogP contribution in [0.3, 0.4) is 0 Å². The molecule has 0 aromatic heterocycles. The van der Waals surface area contributed by atoms with Gasteiger partial charge in [-0.2, -0.15) is 13.2 Å². The molecule has 2 aromatic carbocycles. The van der Waals surface area contributed by atoms with Gasteiger partial charge in [-0.15, -0.1) is 0 Å². The standard InChI is InChI=1S/C20H21F3N2O4S/c1-25(2)30(27,28)16-10-7-15(8-11-16)9-12-19(26)24-13-14-29-18-6-4-3-5-17(18)20(21,22)23/h3-12H,13-14H2,1-2H3,(H,24,26)/b12-9+. The van der Waals surface area contributed by atoms with Gasteiger partial charge in [0, 0.05) is 20.2 Å². The van der Waals surface area contributed by atoms with Crippen LogP contribution in [0.15, 0.2) is 59.5 Å². The van der Waals surface area contributed by atoms with Crippen molar-refractivity contribution in [1.82, 2.24) is 9.62 Å². The molecule has 162 valence electrons. The Labute approximate surface area is 173 Å². The minimum atomic E-state index is -4.52. The number of benzene rings is 2. The van der Waals surface area contributed by atoms with Gasteiger partial charge < -0.3 is 10.1 Å². The quantitative estimate of drug-likeness (QED) is 0.503. The number of ether oxygens (including phenoxy) is 1. The van der Waals surface area contributed by atoms with E-state index >= 15 is 0 Å². The molecule has 0 unspecified atom stereocenters. The summed E-state index contributed by atoms with van der Waals surface area (Å²) in [5.74, 6) is -0.768. The summed E-state index contributed by atoms with van der Waals surface area (Å²) in [6, 6.07) is 10.8. The van der Waals surface area contributed by atoms with Crippen LogP contribution in [0.4, 0.5) is 13.2 Å². The first kappa shape index (κ1) is 23.4. The monoisotopic (exact) mass is 442 g/mol. The molecule has 1 amide bonds. The third kappa shape index (κ3) is 6.33. The van der Waals surface area contributed by atoms with E-state index in [1.807, 2.05) is 0 Å². The van der Waals surface area contributed by atoms with Gasteiger partial charge >= 0.3 is 6.18 Å². The zero-order valence-corrected chi connectivity index (χ0v) is 17.1. The molecule has 6 nitrogen and oxygen atoms in total. The SMILES string of the molecule is CN(C)S(=O)(=O)c1ccc(/C=C/C(=O)NCCOc2ccccc2C(F)(F)F)cc1. The third-order valence-electron chi connectivity index (χ3n) is 3.94. The Balaban J connectivity index is 1.85. The highest BCUT2D eigenvalue weighted by atomic mass is 32.2. The van der Waals surface area contributed by atoms with E-state index in [0.717, 1.165) is 10.4 Å². The fourth-order valence-electron chi connectivity index (χ4n) is 2.35. The lowest BCUT2D eigenvalue weighted by atomic mass is 10.2. The highest BCUT2D eigenvalue weighted by molar-refractivity contribution is 7.89. The van der Waals surface area contributed by atoms with Crippen molar-refractivity contribution in [3.63, 3.8) is 0 Å². The fourth-order valence-corrected chi connectivity index (χ4v) is 3.26. The van der Waals surface area contributed by atoms with Crippen molar-refractivity contribution < 1.29 is 31.1 Å². The molecule has 10 heteroatoms. The Morgan fingerprint density at radius 2 is 1.73 bits per heavy atom. The van der Waals surface area contributed by atoms with Gasteiger partial charge in [-0.25, -0.2) is 12.7 Å². The molecule has 0 aliphatic rings. The van der Waals surface area contributed by atoms with Crippen LogP contribution >= 0.6 is 0 Å². The summed E-state index contributed by atoms with van der Waals surface area (Å²) in [6.07, 6.45) is -1.80. The number of hydrogen-bond donors (Lipinski definition) is 1. The summed E-state index contributed by atoms with van der Waals surface area (Å²) in [7, 11) is -0.671. The first-order chi connectivity index (χ1) is 14.0. The summed E-state index contributed by atoms with van der Waals surface area (Å²) >= 11 is 0. The maximum Gasteiger partial charge on any atom is 0.419 e. The lowest BCUT2D eigenvalue weighted by Crippen LogP contribution is -2.26. The number of para-hydroxylation sites is 1. The molecule has 2 aromatic rings. The van der Waals surface area contributed by atoms with Crippen molar-refractivity contribution in [2.75, 3.05) is 27.2 Å². The first-order valence-corrected chi connectivity index (χ1v) is 10.2. The lowest BCUT2D eigenvalue weighted by Gasteiger charge is -2.13. The maximum absolute atomic E-state index is 12.9. The Kier molecular flexibility index (Phi) is 7.63. The van der Waals surface area contributed by atoms with Crippen LogP contribution in [0.1, 0.15) is 11.1 Å². The molecule has 0 spiro atoms. The molecule has 0 atom stereocenters. The molecule has 0 heterocycles. The molecule has 1 N–H and O–H groups in total. The summed E-state index contributed by atoms with van der Waals surface area (Å²) in [5, 5.41) is 2.50. The van der Waals surface area contributed by atoms with Crippen molar-refractivity contribution in [2.24, 2.45) is 0 Å². The predicted molar refractivity (Wildman–Crippen MR) is 106 cm³/mol. The number of halogens is 3. The van der Waals surface area contributed by atoms with Gasteiger partial charge in [0.25, 0.3) is 0 Å². The van der Waals surface area contributed by atoms with Gasteiger partial charge in [0.2, 0.25) is 15.9 Å². The predicted octanol–water partition coefficient (Wildman–Crippen LogP) is 3.16. The van der Waals surface area contributed by atoms with E-state index in [1.54, 1.807) is 12.1 Å². The summed E-state index contributed by atoms with van der Waals surface area (Å²) < 4.78 is 68.9. The van der Waals surface area contributed by atoms with Crippen LogP contribution in [0.2, 0.25) is 0 Å². The normalized spacial score (nSPS) is 12.3. The van der Waals surface area contributed by atoms with Crippen LogP contribution in [-0.2, 0) is 21.0 Å². The smallest absolute Gasteiger partial charge is 0.419 e. The third-order valence-corrected chi connectivity index (χ3v) is 5.77. The average molecular weight is 442 g/mol. The zero-order valence-electron chi connectivity index (χ0n) is 16.3. The van der Waals surface area contributed by atoms with E-state index in [-0.39, 0.29) is 23.8 Å². The van der Waals surface area contributed by atoms with Gasteiger partial charge in [0.05, 0.1) is 17.0 Å². The summed E-state index contributed by atoms with van der Waals surface area (Å²) in [5.41, 5.74) is -0.269. The van der Waals surface area contributed by atoms with Gasteiger partial charge in [0.1, 0.15) is 12.4 Å². The highest BCUT2D eigenvalue weighted by Crippen LogP contribution is 2.35. The van der Waals surface area contributed by atoms with Crippen molar-refractivity contribution in [3.8, 4) is 5.75 Å². The van der Waals surface area contributed by atoms with E-state index in [0.29, 0.717) is 5.56 Å². The van der Waals surface area contributed by atoms with Gasteiger partial charge in [0.15, 0.2) is 0 Å². The van der Waals surface area contributed by atoms with Crippen molar-refractivity contribution in [1.29, 1.82) is 0 Å².